The van der Waals surface area contributed by atoms with Crippen LogP contribution < -0.4 is 5.43 Å². The Hall–Kier alpha value is -2.61. The van der Waals surface area contributed by atoms with Gasteiger partial charge in [-0.2, -0.15) is 0 Å². The van der Waals surface area contributed by atoms with Crippen molar-refractivity contribution in [3.8, 4) is 0 Å². The van der Waals surface area contributed by atoms with Crippen molar-refractivity contribution in [2.45, 2.75) is 0 Å². The zero-order valence-electron chi connectivity index (χ0n) is 10.1. The first kappa shape index (κ1) is 10.3. The molecule has 4 aromatic rings. The molecule has 2 nitrogen and oxygen atoms in total. The molecule has 0 unspecified atom stereocenters. The topological polar surface area (TPSA) is 30.2 Å². The third kappa shape index (κ3) is 1.40. The molecule has 1 aromatic heterocycles. The van der Waals surface area contributed by atoms with E-state index < -0.39 is 0 Å². The zero-order valence-corrected chi connectivity index (χ0v) is 10.1. The van der Waals surface area contributed by atoms with E-state index in [0.717, 1.165) is 10.8 Å². The van der Waals surface area contributed by atoms with Crippen molar-refractivity contribution in [2.24, 2.45) is 0 Å². The predicted molar refractivity (Wildman–Crippen MR) is 77.5 cm³/mol. The summed E-state index contributed by atoms with van der Waals surface area (Å²) >= 11 is 0. The maximum absolute atomic E-state index is 11.8. The lowest BCUT2D eigenvalue weighted by Crippen LogP contribution is -1.97. The molecule has 0 aliphatic heterocycles. The Labute approximate surface area is 108 Å². The third-order valence-corrected chi connectivity index (χ3v) is 3.55. The molecule has 0 fully saturated rings. The highest BCUT2D eigenvalue weighted by molar-refractivity contribution is 6.15. The molecule has 0 radical (unpaired) electrons. The molecule has 4 rings (SSSR count). The first-order chi connectivity index (χ1) is 9.34. The maximum Gasteiger partial charge on any atom is 0.192 e. The first-order valence-electron chi connectivity index (χ1n) is 6.16. The SMILES string of the molecule is O=c1ccoc2c1ccc1c3ccccc3ccc12. The minimum atomic E-state index is -0.00342. The Bertz CT molecular complexity index is 980. The van der Waals surface area contributed by atoms with Crippen LogP contribution in [-0.2, 0) is 0 Å². The summed E-state index contributed by atoms with van der Waals surface area (Å²) in [5.74, 6) is 0. The summed E-state index contributed by atoms with van der Waals surface area (Å²) in [6, 6.07) is 17.6. The third-order valence-electron chi connectivity index (χ3n) is 3.55. The maximum atomic E-state index is 11.8. The van der Waals surface area contributed by atoms with Crippen molar-refractivity contribution < 1.29 is 4.42 Å². The summed E-state index contributed by atoms with van der Waals surface area (Å²) in [7, 11) is 0. The number of hydrogen-bond acceptors (Lipinski definition) is 2. The van der Waals surface area contributed by atoms with Crippen LogP contribution in [-0.4, -0.2) is 0 Å². The van der Waals surface area contributed by atoms with Gasteiger partial charge in [0.1, 0.15) is 5.58 Å². The van der Waals surface area contributed by atoms with Crippen molar-refractivity contribution in [1.29, 1.82) is 0 Å². The van der Waals surface area contributed by atoms with E-state index in [0.29, 0.717) is 11.0 Å². The Morgan fingerprint density at radius 3 is 2.42 bits per heavy atom. The highest BCUT2D eigenvalue weighted by Gasteiger charge is 2.07. The van der Waals surface area contributed by atoms with Crippen molar-refractivity contribution in [2.75, 3.05) is 0 Å². The van der Waals surface area contributed by atoms with Crippen molar-refractivity contribution in [1.82, 2.24) is 0 Å². The van der Waals surface area contributed by atoms with E-state index in [1.807, 2.05) is 30.3 Å². The quantitative estimate of drug-likeness (QED) is 0.437. The Morgan fingerprint density at radius 2 is 1.47 bits per heavy atom. The van der Waals surface area contributed by atoms with Crippen LogP contribution >= 0.6 is 0 Å². The van der Waals surface area contributed by atoms with E-state index in [2.05, 4.69) is 18.2 Å². The van der Waals surface area contributed by atoms with E-state index in [4.69, 9.17) is 4.42 Å². The first-order valence-corrected chi connectivity index (χ1v) is 6.16. The molecule has 90 valence electrons. The van der Waals surface area contributed by atoms with Crippen LogP contribution in [0.4, 0.5) is 0 Å². The van der Waals surface area contributed by atoms with Gasteiger partial charge in [0, 0.05) is 11.5 Å². The summed E-state index contributed by atoms with van der Waals surface area (Å²) in [6.45, 7) is 0. The highest BCUT2D eigenvalue weighted by atomic mass is 16.3. The normalized spacial score (nSPS) is 11.4. The minimum absolute atomic E-state index is 0.00342. The summed E-state index contributed by atoms with van der Waals surface area (Å²) in [6.07, 6.45) is 1.46. The lowest BCUT2D eigenvalue weighted by Gasteiger charge is -2.05. The minimum Gasteiger partial charge on any atom is -0.463 e. The number of hydrogen-bond donors (Lipinski definition) is 0. The molecule has 0 aliphatic carbocycles. The molecule has 19 heavy (non-hydrogen) atoms. The van der Waals surface area contributed by atoms with Crippen LogP contribution in [0.1, 0.15) is 0 Å². The van der Waals surface area contributed by atoms with Crippen LogP contribution in [0.15, 0.2) is 70.1 Å². The largest absolute Gasteiger partial charge is 0.463 e. The van der Waals surface area contributed by atoms with E-state index in [1.165, 1.54) is 23.1 Å². The van der Waals surface area contributed by atoms with Crippen LogP contribution in [0.2, 0.25) is 0 Å². The molecule has 0 amide bonds. The predicted octanol–water partition coefficient (Wildman–Crippen LogP) is 4.10. The monoisotopic (exact) mass is 246 g/mol. The van der Waals surface area contributed by atoms with E-state index >= 15 is 0 Å². The Morgan fingerprint density at radius 1 is 0.684 bits per heavy atom. The number of fused-ring (bicyclic) bond motifs is 5. The average molecular weight is 246 g/mol. The van der Waals surface area contributed by atoms with Crippen molar-refractivity contribution >= 4 is 32.5 Å². The van der Waals surface area contributed by atoms with Gasteiger partial charge in [-0.05, 0) is 28.3 Å². The van der Waals surface area contributed by atoms with E-state index in [-0.39, 0.29) is 5.43 Å². The van der Waals surface area contributed by atoms with Gasteiger partial charge in [-0.15, -0.1) is 0 Å². The van der Waals surface area contributed by atoms with Gasteiger partial charge >= 0.3 is 0 Å². The molecule has 1 heterocycles. The van der Waals surface area contributed by atoms with Gasteiger partial charge in [-0.25, -0.2) is 0 Å². The van der Waals surface area contributed by atoms with Crippen LogP contribution in [0.3, 0.4) is 0 Å². The molecule has 2 heteroatoms. The molecule has 0 N–H and O–H groups in total. The standard InChI is InChI=1S/C17H10O2/c18-16-9-10-19-17-14-6-5-11-3-1-2-4-12(11)13(14)7-8-15(16)17/h1-10H. The number of rotatable bonds is 0. The molecule has 0 saturated carbocycles. The Kier molecular flexibility index (Phi) is 2.00. The summed E-state index contributed by atoms with van der Waals surface area (Å²) in [5, 5.41) is 5.08. The van der Waals surface area contributed by atoms with Gasteiger partial charge in [0.05, 0.1) is 11.6 Å². The highest BCUT2D eigenvalue weighted by Crippen LogP contribution is 2.29. The molecule has 0 spiro atoms. The lowest BCUT2D eigenvalue weighted by atomic mass is 10.0. The lowest BCUT2D eigenvalue weighted by molar-refractivity contribution is 0.606. The zero-order chi connectivity index (χ0) is 12.8. The second-order valence-corrected chi connectivity index (χ2v) is 4.61. The van der Waals surface area contributed by atoms with Crippen LogP contribution in [0.5, 0.6) is 0 Å². The summed E-state index contributed by atoms with van der Waals surface area (Å²) in [4.78, 5) is 11.8. The molecular formula is C17H10O2. The second-order valence-electron chi connectivity index (χ2n) is 4.61. The van der Waals surface area contributed by atoms with E-state index in [9.17, 15) is 4.79 Å². The smallest absolute Gasteiger partial charge is 0.192 e. The van der Waals surface area contributed by atoms with Crippen LogP contribution in [0.25, 0.3) is 32.5 Å². The molecular weight excluding hydrogens is 236 g/mol. The molecule has 0 bridgehead atoms. The van der Waals surface area contributed by atoms with Gasteiger partial charge in [0.2, 0.25) is 0 Å². The van der Waals surface area contributed by atoms with Crippen LogP contribution in [0, 0.1) is 0 Å². The fourth-order valence-corrected chi connectivity index (χ4v) is 2.64. The van der Waals surface area contributed by atoms with Gasteiger partial charge in [-0.3, -0.25) is 4.79 Å². The average Bonchev–Trinajstić information content (AvgIpc) is 2.47. The number of benzene rings is 3. The van der Waals surface area contributed by atoms with Gasteiger partial charge in [0.25, 0.3) is 0 Å². The molecule has 3 aromatic carbocycles. The van der Waals surface area contributed by atoms with Gasteiger partial charge in [0.15, 0.2) is 5.43 Å². The summed E-state index contributed by atoms with van der Waals surface area (Å²) in [5.41, 5.74) is 0.659. The second kappa shape index (κ2) is 3.69. The summed E-state index contributed by atoms with van der Waals surface area (Å²) < 4.78 is 5.55. The fourth-order valence-electron chi connectivity index (χ4n) is 2.64. The van der Waals surface area contributed by atoms with Gasteiger partial charge < -0.3 is 4.42 Å². The van der Waals surface area contributed by atoms with E-state index in [1.54, 1.807) is 0 Å². The molecule has 0 saturated heterocycles. The van der Waals surface area contributed by atoms with Gasteiger partial charge in [-0.1, -0.05) is 36.4 Å². The molecule has 0 aliphatic rings. The fraction of sp³-hybridized carbons (Fsp3) is 0. The van der Waals surface area contributed by atoms with Crippen molar-refractivity contribution in [3.05, 3.63) is 71.1 Å². The van der Waals surface area contributed by atoms with Crippen molar-refractivity contribution in [3.63, 3.8) is 0 Å². The Balaban J connectivity index is 2.33. The molecule has 0 atom stereocenters.